The molecule has 0 spiro atoms. The number of rotatable bonds is 4. The third-order valence-electron chi connectivity index (χ3n) is 3.45. The van der Waals surface area contributed by atoms with E-state index in [1.54, 1.807) is 11.3 Å². The number of hydrogen-bond donors (Lipinski definition) is 1. The van der Waals surface area contributed by atoms with Crippen LogP contribution in [0.5, 0.6) is 0 Å². The molecular formula is C14H15BrN2S. The van der Waals surface area contributed by atoms with Crippen molar-refractivity contribution in [2.75, 3.05) is 13.6 Å². The van der Waals surface area contributed by atoms with Crippen LogP contribution in [0.2, 0.25) is 0 Å². The molecule has 2 aromatic rings. The van der Waals surface area contributed by atoms with Crippen LogP contribution < -0.4 is 5.32 Å². The largest absolute Gasteiger partial charge is 0.319 e. The quantitative estimate of drug-likeness (QED) is 0.925. The fraction of sp³-hybridized carbons (Fsp3) is 0.357. The number of nitrogens with one attached hydrogen (secondary N) is 1. The van der Waals surface area contributed by atoms with Crippen molar-refractivity contribution in [3.8, 4) is 11.3 Å². The SMILES string of the molecule is CNCC1(c2nc(-c3cccc(Br)c3)cs2)CC1. The molecule has 1 aliphatic carbocycles. The standard InChI is InChI=1S/C14H15BrN2S/c1-16-9-14(5-6-14)13-17-12(8-18-13)10-3-2-4-11(15)7-10/h2-4,7-8,16H,5-6,9H2,1H3. The predicted octanol–water partition coefficient (Wildman–Crippen LogP) is 3.82. The number of nitrogens with zero attached hydrogens (tertiary/aromatic N) is 1. The van der Waals surface area contributed by atoms with Crippen molar-refractivity contribution in [3.05, 3.63) is 39.1 Å². The highest BCUT2D eigenvalue weighted by atomic mass is 79.9. The Kier molecular flexibility index (Phi) is 3.26. The third kappa shape index (κ3) is 2.25. The summed E-state index contributed by atoms with van der Waals surface area (Å²) in [5.74, 6) is 0. The molecule has 0 bridgehead atoms. The lowest BCUT2D eigenvalue weighted by Gasteiger charge is -2.10. The van der Waals surface area contributed by atoms with E-state index in [1.807, 2.05) is 13.1 Å². The first-order valence-corrected chi connectivity index (χ1v) is 7.77. The van der Waals surface area contributed by atoms with Crippen molar-refractivity contribution < 1.29 is 0 Å². The van der Waals surface area contributed by atoms with Crippen LogP contribution in [0.1, 0.15) is 17.8 Å². The maximum atomic E-state index is 4.83. The highest BCUT2D eigenvalue weighted by Gasteiger charge is 2.46. The van der Waals surface area contributed by atoms with Gasteiger partial charge >= 0.3 is 0 Å². The van der Waals surface area contributed by atoms with Crippen LogP contribution >= 0.6 is 27.3 Å². The number of likely N-dealkylation sites (N-methyl/N-ethyl adjacent to an activating group) is 1. The first kappa shape index (κ1) is 12.3. The second kappa shape index (κ2) is 4.76. The Morgan fingerprint density at radius 1 is 1.44 bits per heavy atom. The molecule has 0 amide bonds. The molecule has 3 rings (SSSR count). The lowest BCUT2D eigenvalue weighted by Crippen LogP contribution is -2.23. The molecule has 1 N–H and O–H groups in total. The van der Waals surface area contributed by atoms with Gasteiger partial charge in [0, 0.05) is 27.4 Å². The van der Waals surface area contributed by atoms with E-state index >= 15 is 0 Å². The van der Waals surface area contributed by atoms with Gasteiger partial charge in [-0.15, -0.1) is 11.3 Å². The smallest absolute Gasteiger partial charge is 0.101 e. The van der Waals surface area contributed by atoms with Crippen molar-refractivity contribution in [3.63, 3.8) is 0 Å². The fourth-order valence-corrected chi connectivity index (χ4v) is 3.74. The maximum absolute atomic E-state index is 4.83. The van der Waals surface area contributed by atoms with Gasteiger partial charge in [0.05, 0.1) is 5.69 Å². The van der Waals surface area contributed by atoms with Gasteiger partial charge in [-0.3, -0.25) is 0 Å². The maximum Gasteiger partial charge on any atom is 0.101 e. The summed E-state index contributed by atoms with van der Waals surface area (Å²) in [6, 6.07) is 8.33. The van der Waals surface area contributed by atoms with Gasteiger partial charge in [-0.2, -0.15) is 0 Å². The highest BCUT2D eigenvalue weighted by molar-refractivity contribution is 9.10. The van der Waals surface area contributed by atoms with Gasteiger partial charge in [0.1, 0.15) is 5.01 Å². The Morgan fingerprint density at radius 2 is 2.28 bits per heavy atom. The molecule has 1 heterocycles. The Bertz CT molecular complexity index is 560. The molecule has 94 valence electrons. The summed E-state index contributed by atoms with van der Waals surface area (Å²) in [5, 5.41) is 6.74. The minimum Gasteiger partial charge on any atom is -0.319 e. The number of halogens is 1. The second-order valence-corrected chi connectivity index (χ2v) is 6.63. The summed E-state index contributed by atoms with van der Waals surface area (Å²) in [4.78, 5) is 4.83. The van der Waals surface area contributed by atoms with Gasteiger partial charge in [0.2, 0.25) is 0 Å². The van der Waals surface area contributed by atoms with Gasteiger partial charge in [-0.05, 0) is 32.0 Å². The minimum atomic E-state index is 0.323. The van der Waals surface area contributed by atoms with Gasteiger partial charge in [-0.1, -0.05) is 28.1 Å². The van der Waals surface area contributed by atoms with Crippen molar-refractivity contribution in [1.82, 2.24) is 10.3 Å². The third-order valence-corrected chi connectivity index (χ3v) is 5.03. The van der Waals surface area contributed by atoms with Crippen molar-refractivity contribution >= 4 is 27.3 Å². The molecular weight excluding hydrogens is 308 g/mol. The number of thiazole rings is 1. The lowest BCUT2D eigenvalue weighted by atomic mass is 10.1. The van der Waals surface area contributed by atoms with Crippen LogP contribution in [0.25, 0.3) is 11.3 Å². The van der Waals surface area contributed by atoms with Crippen LogP contribution in [0.4, 0.5) is 0 Å². The summed E-state index contributed by atoms with van der Waals surface area (Å²) in [6.07, 6.45) is 2.53. The van der Waals surface area contributed by atoms with Crippen molar-refractivity contribution in [2.24, 2.45) is 0 Å². The summed E-state index contributed by atoms with van der Waals surface area (Å²) >= 11 is 5.30. The van der Waals surface area contributed by atoms with Gasteiger partial charge in [-0.25, -0.2) is 4.98 Å². The Balaban J connectivity index is 1.90. The zero-order valence-electron chi connectivity index (χ0n) is 10.2. The molecule has 2 nitrogen and oxygen atoms in total. The molecule has 1 aliphatic rings. The number of benzene rings is 1. The molecule has 0 saturated heterocycles. The molecule has 4 heteroatoms. The van der Waals surface area contributed by atoms with E-state index in [2.05, 4.69) is 44.8 Å². The average molecular weight is 323 g/mol. The molecule has 1 saturated carbocycles. The predicted molar refractivity (Wildman–Crippen MR) is 80.1 cm³/mol. The van der Waals surface area contributed by atoms with Gasteiger partial charge in [0.15, 0.2) is 0 Å². The van der Waals surface area contributed by atoms with E-state index < -0.39 is 0 Å². The highest BCUT2D eigenvalue weighted by Crippen LogP contribution is 2.49. The molecule has 0 radical (unpaired) electrons. The fourth-order valence-electron chi connectivity index (χ4n) is 2.25. The molecule has 0 unspecified atom stereocenters. The summed E-state index contributed by atoms with van der Waals surface area (Å²) in [7, 11) is 2.02. The van der Waals surface area contributed by atoms with Crippen LogP contribution in [0.15, 0.2) is 34.1 Å². The molecule has 1 aromatic heterocycles. The van der Waals surface area contributed by atoms with E-state index in [0.29, 0.717) is 5.41 Å². The zero-order valence-corrected chi connectivity index (χ0v) is 12.6. The minimum absolute atomic E-state index is 0.323. The zero-order chi connectivity index (χ0) is 12.6. The summed E-state index contributed by atoms with van der Waals surface area (Å²) < 4.78 is 1.10. The molecule has 18 heavy (non-hydrogen) atoms. The molecule has 1 fully saturated rings. The number of aromatic nitrogens is 1. The summed E-state index contributed by atoms with van der Waals surface area (Å²) in [5.41, 5.74) is 2.61. The van der Waals surface area contributed by atoms with Crippen LogP contribution in [-0.2, 0) is 5.41 Å². The van der Waals surface area contributed by atoms with E-state index in [9.17, 15) is 0 Å². The molecule has 1 aromatic carbocycles. The van der Waals surface area contributed by atoms with E-state index in [0.717, 1.165) is 16.7 Å². The summed E-state index contributed by atoms with van der Waals surface area (Å²) in [6.45, 7) is 1.04. The second-order valence-electron chi connectivity index (χ2n) is 4.86. The van der Waals surface area contributed by atoms with Gasteiger partial charge in [0.25, 0.3) is 0 Å². The molecule has 0 atom stereocenters. The van der Waals surface area contributed by atoms with E-state index in [-0.39, 0.29) is 0 Å². The van der Waals surface area contributed by atoms with Crippen LogP contribution in [-0.4, -0.2) is 18.6 Å². The molecule has 0 aliphatic heterocycles. The topological polar surface area (TPSA) is 24.9 Å². The number of hydrogen-bond acceptors (Lipinski definition) is 3. The van der Waals surface area contributed by atoms with Crippen molar-refractivity contribution in [2.45, 2.75) is 18.3 Å². The van der Waals surface area contributed by atoms with Gasteiger partial charge < -0.3 is 5.32 Å². The Labute approximate surface area is 120 Å². The Hall–Kier alpha value is -0.710. The van der Waals surface area contributed by atoms with Crippen LogP contribution in [0.3, 0.4) is 0 Å². The normalized spacial score (nSPS) is 16.8. The Morgan fingerprint density at radius 3 is 2.94 bits per heavy atom. The first-order valence-electron chi connectivity index (χ1n) is 6.10. The van der Waals surface area contributed by atoms with E-state index in [1.165, 1.54) is 23.4 Å². The first-order chi connectivity index (χ1) is 8.73. The van der Waals surface area contributed by atoms with E-state index in [4.69, 9.17) is 4.98 Å². The average Bonchev–Trinajstić information content (AvgIpc) is 2.97. The lowest BCUT2D eigenvalue weighted by molar-refractivity contribution is 0.621. The van der Waals surface area contributed by atoms with Crippen LogP contribution in [0, 0.1) is 0 Å². The monoisotopic (exact) mass is 322 g/mol. The van der Waals surface area contributed by atoms with Crippen molar-refractivity contribution in [1.29, 1.82) is 0 Å².